The Balaban J connectivity index is 1.93. The number of allylic oxidation sites excluding steroid dienone is 1. The summed E-state index contributed by atoms with van der Waals surface area (Å²) in [6, 6.07) is 10.7. The lowest BCUT2D eigenvalue weighted by Crippen LogP contribution is -2.46. The van der Waals surface area contributed by atoms with E-state index < -0.39 is 0 Å². The van der Waals surface area contributed by atoms with E-state index in [4.69, 9.17) is 0 Å². The van der Waals surface area contributed by atoms with Crippen LogP contribution < -0.4 is 0 Å². The van der Waals surface area contributed by atoms with Crippen molar-refractivity contribution in [3.05, 3.63) is 47.5 Å². The largest absolute Gasteiger partial charge is 0.305 e. The molecule has 1 aromatic rings. The Morgan fingerprint density at radius 3 is 2.79 bits per heavy atom. The molecule has 1 saturated heterocycles. The summed E-state index contributed by atoms with van der Waals surface area (Å²) in [5, 5.41) is 0. The normalized spacial score (nSPS) is 27.8. The molecule has 1 aromatic carbocycles. The van der Waals surface area contributed by atoms with E-state index in [9.17, 15) is 4.79 Å². The minimum atomic E-state index is 0.197. The highest BCUT2D eigenvalue weighted by Gasteiger charge is 2.40. The van der Waals surface area contributed by atoms with Crippen LogP contribution in [0.25, 0.3) is 0 Å². The van der Waals surface area contributed by atoms with Gasteiger partial charge in [-0.1, -0.05) is 35.9 Å². The summed E-state index contributed by atoms with van der Waals surface area (Å²) in [5.41, 5.74) is 2.98. The van der Waals surface area contributed by atoms with Crippen molar-refractivity contribution in [3.8, 4) is 0 Å². The molecule has 0 aromatic heterocycles. The number of nitrogens with zero attached hydrogens (tertiary/aromatic N) is 1. The fraction of sp³-hybridized carbons (Fsp3) is 0.471. The zero-order valence-electron chi connectivity index (χ0n) is 11.6. The Kier molecular flexibility index (Phi) is 3.28. The Morgan fingerprint density at radius 1 is 1.21 bits per heavy atom. The topological polar surface area (TPSA) is 20.3 Å². The maximum atomic E-state index is 11.7. The third-order valence-corrected chi connectivity index (χ3v) is 4.59. The molecule has 1 unspecified atom stereocenters. The van der Waals surface area contributed by atoms with Crippen LogP contribution in [0.15, 0.2) is 42.0 Å². The second-order valence-electron chi connectivity index (χ2n) is 6.07. The molecule has 1 aliphatic heterocycles. The summed E-state index contributed by atoms with van der Waals surface area (Å²) in [6.07, 6.45) is 5.78. The maximum absolute atomic E-state index is 11.7. The van der Waals surface area contributed by atoms with Crippen molar-refractivity contribution >= 4 is 5.78 Å². The van der Waals surface area contributed by atoms with Gasteiger partial charge in [0.15, 0.2) is 5.78 Å². The van der Waals surface area contributed by atoms with Crippen LogP contribution in [-0.4, -0.2) is 30.8 Å². The van der Waals surface area contributed by atoms with Gasteiger partial charge in [-0.15, -0.1) is 0 Å². The molecule has 2 heteroatoms. The number of fused-ring (bicyclic) bond motifs is 1. The number of carbonyl (C=O) groups excluding carboxylic acids is 1. The molecule has 0 amide bonds. The maximum Gasteiger partial charge on any atom is 0.155 e. The van der Waals surface area contributed by atoms with Crippen molar-refractivity contribution in [1.82, 2.24) is 4.90 Å². The molecule has 0 radical (unpaired) electrons. The van der Waals surface area contributed by atoms with Gasteiger partial charge in [0.1, 0.15) is 0 Å². The number of ketones is 1. The lowest BCUT2D eigenvalue weighted by atomic mass is 9.65. The number of benzene rings is 1. The van der Waals surface area contributed by atoms with Crippen LogP contribution in [0.3, 0.4) is 0 Å². The van der Waals surface area contributed by atoms with E-state index in [2.05, 4.69) is 42.3 Å². The Morgan fingerprint density at radius 2 is 2.00 bits per heavy atom. The van der Waals surface area contributed by atoms with Gasteiger partial charge >= 0.3 is 0 Å². The van der Waals surface area contributed by atoms with Crippen molar-refractivity contribution in [2.45, 2.75) is 25.7 Å². The molecule has 3 rings (SSSR count). The molecule has 0 spiro atoms. The first-order valence-corrected chi connectivity index (χ1v) is 7.14. The Labute approximate surface area is 115 Å². The van der Waals surface area contributed by atoms with Gasteiger partial charge in [-0.3, -0.25) is 4.79 Å². The second-order valence-corrected chi connectivity index (χ2v) is 6.07. The van der Waals surface area contributed by atoms with Crippen LogP contribution in [-0.2, 0) is 11.2 Å². The molecule has 0 saturated carbocycles. The first-order chi connectivity index (χ1) is 9.18. The summed E-state index contributed by atoms with van der Waals surface area (Å²) in [6.45, 7) is 2.16. The summed E-state index contributed by atoms with van der Waals surface area (Å²) >= 11 is 0. The number of rotatable bonds is 2. The van der Waals surface area contributed by atoms with Gasteiger partial charge in [0.25, 0.3) is 0 Å². The lowest BCUT2D eigenvalue weighted by Gasteiger charge is -2.45. The average molecular weight is 255 g/mol. The van der Waals surface area contributed by atoms with Crippen molar-refractivity contribution in [3.63, 3.8) is 0 Å². The van der Waals surface area contributed by atoms with Crippen LogP contribution in [0.2, 0.25) is 0 Å². The standard InChI is InChI=1S/C17H21NO/c1-18-10-8-15-11-16(19)7-9-17(15,13-18)12-14-5-3-2-4-6-14/h2-6,11H,7-10,12-13H2,1H3. The fourth-order valence-corrected chi connectivity index (χ4v) is 3.61. The molecule has 19 heavy (non-hydrogen) atoms. The van der Waals surface area contributed by atoms with Gasteiger partial charge < -0.3 is 4.90 Å². The number of piperidine rings is 1. The predicted octanol–water partition coefficient (Wildman–Crippen LogP) is 2.84. The lowest BCUT2D eigenvalue weighted by molar-refractivity contribution is -0.116. The van der Waals surface area contributed by atoms with E-state index in [1.807, 2.05) is 6.08 Å². The number of hydrogen-bond donors (Lipinski definition) is 0. The third kappa shape index (κ3) is 2.50. The minimum Gasteiger partial charge on any atom is -0.305 e. The van der Waals surface area contributed by atoms with Crippen LogP contribution in [0.1, 0.15) is 24.8 Å². The molecule has 0 N–H and O–H groups in total. The fourth-order valence-electron chi connectivity index (χ4n) is 3.61. The van der Waals surface area contributed by atoms with Gasteiger partial charge in [0, 0.05) is 24.9 Å². The van der Waals surface area contributed by atoms with Crippen LogP contribution >= 0.6 is 0 Å². The van der Waals surface area contributed by atoms with E-state index in [1.165, 1.54) is 11.1 Å². The van der Waals surface area contributed by atoms with Gasteiger partial charge in [-0.05, 0) is 37.9 Å². The predicted molar refractivity (Wildman–Crippen MR) is 77.0 cm³/mol. The van der Waals surface area contributed by atoms with Crippen molar-refractivity contribution in [1.29, 1.82) is 0 Å². The highest BCUT2D eigenvalue weighted by atomic mass is 16.1. The molecular formula is C17H21NO. The Hall–Kier alpha value is -1.41. The van der Waals surface area contributed by atoms with E-state index in [0.29, 0.717) is 12.2 Å². The first-order valence-electron chi connectivity index (χ1n) is 7.14. The van der Waals surface area contributed by atoms with Gasteiger partial charge in [0.2, 0.25) is 0 Å². The monoisotopic (exact) mass is 255 g/mol. The molecule has 1 fully saturated rings. The van der Waals surface area contributed by atoms with Crippen molar-refractivity contribution in [2.24, 2.45) is 5.41 Å². The van der Waals surface area contributed by atoms with Crippen LogP contribution in [0, 0.1) is 5.41 Å². The van der Waals surface area contributed by atoms with E-state index in [0.717, 1.165) is 32.4 Å². The van der Waals surface area contributed by atoms with Gasteiger partial charge in [-0.25, -0.2) is 0 Å². The summed E-state index contributed by atoms with van der Waals surface area (Å²) in [4.78, 5) is 14.1. The molecular weight excluding hydrogens is 234 g/mol. The molecule has 0 bridgehead atoms. The highest BCUT2D eigenvalue weighted by molar-refractivity contribution is 5.91. The number of likely N-dealkylation sites (tertiary alicyclic amines) is 1. The zero-order chi connectivity index (χ0) is 13.3. The summed E-state index contributed by atoms with van der Waals surface area (Å²) in [5.74, 6) is 0.322. The van der Waals surface area contributed by atoms with E-state index in [1.54, 1.807) is 0 Å². The van der Waals surface area contributed by atoms with Crippen LogP contribution in [0.4, 0.5) is 0 Å². The number of hydrogen-bond acceptors (Lipinski definition) is 2. The highest BCUT2D eigenvalue weighted by Crippen LogP contribution is 2.44. The summed E-state index contributed by atoms with van der Waals surface area (Å²) < 4.78 is 0. The summed E-state index contributed by atoms with van der Waals surface area (Å²) in [7, 11) is 2.19. The molecule has 1 heterocycles. The molecule has 2 aliphatic rings. The van der Waals surface area contributed by atoms with E-state index >= 15 is 0 Å². The molecule has 1 aliphatic carbocycles. The SMILES string of the molecule is CN1CCC2=CC(=O)CCC2(Cc2ccccc2)C1. The molecule has 100 valence electrons. The van der Waals surface area contributed by atoms with Gasteiger partial charge in [-0.2, -0.15) is 0 Å². The second kappa shape index (κ2) is 4.93. The van der Waals surface area contributed by atoms with Crippen molar-refractivity contribution in [2.75, 3.05) is 20.1 Å². The average Bonchev–Trinajstić information content (AvgIpc) is 2.41. The van der Waals surface area contributed by atoms with E-state index in [-0.39, 0.29) is 5.41 Å². The minimum absolute atomic E-state index is 0.197. The quantitative estimate of drug-likeness (QED) is 0.810. The van der Waals surface area contributed by atoms with Gasteiger partial charge in [0.05, 0.1) is 0 Å². The Bertz CT molecular complexity index is 505. The molecule has 2 nitrogen and oxygen atoms in total. The zero-order valence-corrected chi connectivity index (χ0v) is 11.6. The van der Waals surface area contributed by atoms with Crippen LogP contribution in [0.5, 0.6) is 0 Å². The first kappa shape index (κ1) is 12.6. The molecule has 1 atom stereocenters. The van der Waals surface area contributed by atoms with Crippen molar-refractivity contribution < 1.29 is 4.79 Å². The number of carbonyl (C=O) groups is 1. The third-order valence-electron chi connectivity index (χ3n) is 4.59. The smallest absolute Gasteiger partial charge is 0.155 e.